The van der Waals surface area contributed by atoms with Crippen molar-refractivity contribution < 1.29 is 14.3 Å². The molecule has 1 atom stereocenters. The van der Waals surface area contributed by atoms with Gasteiger partial charge < -0.3 is 15.0 Å². The third-order valence-corrected chi connectivity index (χ3v) is 4.53. The van der Waals surface area contributed by atoms with Crippen molar-refractivity contribution in [3.8, 4) is 0 Å². The fourth-order valence-corrected chi connectivity index (χ4v) is 2.90. The minimum absolute atomic E-state index is 0.00879. The molecule has 2 amide bonds. The van der Waals surface area contributed by atoms with Crippen molar-refractivity contribution in [2.75, 3.05) is 20.3 Å². The van der Waals surface area contributed by atoms with E-state index in [0.29, 0.717) is 37.6 Å². The number of benzene rings is 1. The van der Waals surface area contributed by atoms with Crippen LogP contribution in [0.25, 0.3) is 0 Å². The number of hydrogen-bond acceptors (Lipinski definition) is 3. The van der Waals surface area contributed by atoms with E-state index in [0.717, 1.165) is 12.0 Å². The lowest BCUT2D eigenvalue weighted by atomic mass is 9.97. The predicted molar refractivity (Wildman–Crippen MR) is 89.1 cm³/mol. The molecule has 0 spiro atoms. The Morgan fingerprint density at radius 3 is 2.74 bits per heavy atom. The zero-order valence-electron chi connectivity index (χ0n) is 13.6. The molecule has 0 saturated carbocycles. The standard InChI is InChI=1S/C17H23ClN2O3/c1-17(16(22)19-10-3-11-23-2)9-8-15(21)20(17)12-13-4-6-14(18)7-5-13/h4-7H,3,8-12H2,1-2H3,(H,19,22)/t17-/m1/s1. The maximum absolute atomic E-state index is 12.6. The molecule has 1 fully saturated rings. The number of ether oxygens (including phenoxy) is 1. The van der Waals surface area contributed by atoms with E-state index in [1.807, 2.05) is 19.1 Å². The number of rotatable bonds is 7. The molecule has 126 valence electrons. The summed E-state index contributed by atoms with van der Waals surface area (Å²) in [4.78, 5) is 26.5. The van der Waals surface area contributed by atoms with Crippen LogP contribution in [0.4, 0.5) is 0 Å². The molecule has 0 radical (unpaired) electrons. The summed E-state index contributed by atoms with van der Waals surface area (Å²) in [5, 5.41) is 3.56. The van der Waals surface area contributed by atoms with Gasteiger partial charge >= 0.3 is 0 Å². The van der Waals surface area contributed by atoms with Gasteiger partial charge in [-0.1, -0.05) is 23.7 Å². The third-order valence-electron chi connectivity index (χ3n) is 4.28. The SMILES string of the molecule is COCCCNC(=O)[C@@]1(C)CCC(=O)N1Cc1ccc(Cl)cc1. The largest absolute Gasteiger partial charge is 0.385 e. The van der Waals surface area contributed by atoms with E-state index < -0.39 is 5.54 Å². The van der Waals surface area contributed by atoms with Crippen LogP contribution >= 0.6 is 11.6 Å². The van der Waals surface area contributed by atoms with Gasteiger partial charge in [0.1, 0.15) is 5.54 Å². The number of carbonyl (C=O) groups excluding carboxylic acids is 2. The van der Waals surface area contributed by atoms with Crippen molar-refractivity contribution in [1.82, 2.24) is 10.2 Å². The Morgan fingerprint density at radius 2 is 2.09 bits per heavy atom. The second-order valence-corrected chi connectivity index (χ2v) is 6.42. The summed E-state index contributed by atoms with van der Waals surface area (Å²) in [7, 11) is 1.63. The van der Waals surface area contributed by atoms with Crippen LogP contribution in [0.1, 0.15) is 31.7 Å². The normalized spacial score (nSPS) is 20.8. The molecular formula is C17H23ClN2O3. The molecule has 1 saturated heterocycles. The second kappa shape index (κ2) is 7.79. The first-order valence-corrected chi connectivity index (χ1v) is 8.17. The van der Waals surface area contributed by atoms with Crippen molar-refractivity contribution in [3.05, 3.63) is 34.9 Å². The topological polar surface area (TPSA) is 58.6 Å². The van der Waals surface area contributed by atoms with Crippen LogP contribution in [-0.4, -0.2) is 42.5 Å². The number of methoxy groups -OCH3 is 1. The van der Waals surface area contributed by atoms with Crippen LogP contribution in [0.2, 0.25) is 5.02 Å². The number of halogens is 1. The second-order valence-electron chi connectivity index (χ2n) is 5.98. The fourth-order valence-electron chi connectivity index (χ4n) is 2.78. The summed E-state index contributed by atoms with van der Waals surface area (Å²) in [6, 6.07) is 7.34. The molecule has 1 N–H and O–H groups in total. The van der Waals surface area contributed by atoms with Crippen LogP contribution < -0.4 is 5.32 Å². The van der Waals surface area contributed by atoms with Gasteiger partial charge in [0.25, 0.3) is 0 Å². The highest BCUT2D eigenvalue weighted by Crippen LogP contribution is 2.32. The van der Waals surface area contributed by atoms with Crippen molar-refractivity contribution in [2.45, 2.75) is 38.3 Å². The summed E-state index contributed by atoms with van der Waals surface area (Å²) in [5.41, 5.74) is 0.159. The van der Waals surface area contributed by atoms with Crippen molar-refractivity contribution >= 4 is 23.4 Å². The predicted octanol–water partition coefficient (Wildman–Crippen LogP) is 2.37. The lowest BCUT2D eigenvalue weighted by Crippen LogP contribution is -2.54. The summed E-state index contributed by atoms with van der Waals surface area (Å²) in [6.45, 7) is 3.40. The minimum atomic E-state index is -0.802. The zero-order valence-corrected chi connectivity index (χ0v) is 14.4. The molecule has 5 nitrogen and oxygen atoms in total. The van der Waals surface area contributed by atoms with Gasteiger partial charge in [-0.05, 0) is 37.5 Å². The molecule has 1 heterocycles. The maximum Gasteiger partial charge on any atom is 0.245 e. The van der Waals surface area contributed by atoms with Crippen molar-refractivity contribution in [3.63, 3.8) is 0 Å². The Bertz CT molecular complexity index is 561. The third kappa shape index (κ3) is 4.24. The first-order chi connectivity index (χ1) is 11.0. The fraction of sp³-hybridized carbons (Fsp3) is 0.529. The molecule has 1 aliphatic heterocycles. The van der Waals surface area contributed by atoms with Gasteiger partial charge in [-0.3, -0.25) is 9.59 Å². The van der Waals surface area contributed by atoms with Gasteiger partial charge in [0.15, 0.2) is 0 Å². The van der Waals surface area contributed by atoms with E-state index >= 15 is 0 Å². The number of hydrogen-bond donors (Lipinski definition) is 1. The molecule has 0 aliphatic carbocycles. The van der Waals surface area contributed by atoms with Gasteiger partial charge in [-0.25, -0.2) is 0 Å². The average molecular weight is 339 g/mol. The van der Waals surface area contributed by atoms with E-state index in [4.69, 9.17) is 16.3 Å². The highest BCUT2D eigenvalue weighted by Gasteiger charge is 2.46. The summed E-state index contributed by atoms with van der Waals surface area (Å²) in [6.07, 6.45) is 1.69. The van der Waals surface area contributed by atoms with E-state index in [2.05, 4.69) is 5.32 Å². The van der Waals surface area contributed by atoms with Crippen molar-refractivity contribution in [1.29, 1.82) is 0 Å². The molecule has 0 aromatic heterocycles. The van der Waals surface area contributed by atoms with Gasteiger partial charge in [-0.15, -0.1) is 0 Å². The van der Waals surface area contributed by atoms with E-state index in [9.17, 15) is 9.59 Å². The Hall–Kier alpha value is -1.59. The Morgan fingerprint density at radius 1 is 1.39 bits per heavy atom. The minimum Gasteiger partial charge on any atom is -0.385 e. The van der Waals surface area contributed by atoms with E-state index in [-0.39, 0.29) is 11.8 Å². The molecule has 1 aliphatic rings. The number of carbonyl (C=O) groups is 2. The van der Waals surface area contributed by atoms with E-state index in [1.165, 1.54) is 0 Å². The van der Waals surface area contributed by atoms with Crippen LogP contribution in [0.15, 0.2) is 24.3 Å². The number of amides is 2. The van der Waals surface area contributed by atoms with Crippen LogP contribution in [0.5, 0.6) is 0 Å². The lowest BCUT2D eigenvalue weighted by Gasteiger charge is -2.34. The summed E-state index contributed by atoms with van der Waals surface area (Å²) < 4.78 is 4.97. The smallest absolute Gasteiger partial charge is 0.245 e. The average Bonchev–Trinajstić information content (AvgIpc) is 2.83. The van der Waals surface area contributed by atoms with Gasteiger partial charge in [-0.2, -0.15) is 0 Å². The quantitative estimate of drug-likeness (QED) is 0.776. The Labute approximate surface area is 141 Å². The molecule has 0 bridgehead atoms. The van der Waals surface area contributed by atoms with Gasteiger partial charge in [0.05, 0.1) is 0 Å². The molecule has 6 heteroatoms. The highest BCUT2D eigenvalue weighted by molar-refractivity contribution is 6.30. The number of nitrogens with zero attached hydrogens (tertiary/aromatic N) is 1. The first-order valence-electron chi connectivity index (χ1n) is 7.79. The van der Waals surface area contributed by atoms with E-state index in [1.54, 1.807) is 24.1 Å². The van der Waals surface area contributed by atoms with Crippen LogP contribution in [0.3, 0.4) is 0 Å². The van der Waals surface area contributed by atoms with Gasteiger partial charge in [0.2, 0.25) is 11.8 Å². The number of nitrogens with one attached hydrogen (secondary N) is 1. The molecule has 1 aromatic carbocycles. The number of likely N-dealkylation sites (tertiary alicyclic amines) is 1. The first kappa shape index (κ1) is 17.8. The van der Waals surface area contributed by atoms with Crippen LogP contribution in [0, 0.1) is 0 Å². The molecule has 1 aromatic rings. The molecule has 23 heavy (non-hydrogen) atoms. The zero-order chi connectivity index (χ0) is 16.9. The maximum atomic E-state index is 12.6. The Kier molecular flexibility index (Phi) is 6.02. The molecule has 2 rings (SSSR count). The summed E-state index contributed by atoms with van der Waals surface area (Å²) >= 11 is 5.89. The summed E-state index contributed by atoms with van der Waals surface area (Å²) in [5.74, 6) is -0.0945. The Balaban J connectivity index is 2.04. The van der Waals surface area contributed by atoms with Gasteiger partial charge in [0, 0.05) is 38.2 Å². The highest BCUT2D eigenvalue weighted by atomic mass is 35.5. The molecular weight excluding hydrogens is 316 g/mol. The monoisotopic (exact) mass is 338 g/mol. The van der Waals surface area contributed by atoms with Crippen LogP contribution in [-0.2, 0) is 20.9 Å². The lowest BCUT2D eigenvalue weighted by molar-refractivity contribution is -0.141. The van der Waals surface area contributed by atoms with Crippen molar-refractivity contribution in [2.24, 2.45) is 0 Å². The molecule has 0 unspecified atom stereocenters.